The van der Waals surface area contributed by atoms with Crippen LogP contribution < -0.4 is 14.4 Å². The van der Waals surface area contributed by atoms with Crippen molar-refractivity contribution in [1.82, 2.24) is 10.2 Å². The fourth-order valence-corrected chi connectivity index (χ4v) is 5.29. The van der Waals surface area contributed by atoms with Gasteiger partial charge in [-0.3, -0.25) is 13.9 Å². The number of methoxy groups -OCH3 is 1. The highest BCUT2D eigenvalue weighted by Crippen LogP contribution is 2.25. The molecule has 208 valence electrons. The van der Waals surface area contributed by atoms with Crippen molar-refractivity contribution >= 4 is 27.5 Å². The summed E-state index contributed by atoms with van der Waals surface area (Å²) in [6.45, 7) is 5.26. The van der Waals surface area contributed by atoms with Gasteiger partial charge in [0, 0.05) is 13.1 Å². The first kappa shape index (κ1) is 29.6. The van der Waals surface area contributed by atoms with E-state index in [9.17, 15) is 22.4 Å². The molecule has 0 aliphatic heterocycles. The van der Waals surface area contributed by atoms with Crippen LogP contribution in [-0.4, -0.2) is 51.4 Å². The summed E-state index contributed by atoms with van der Waals surface area (Å²) in [5.41, 5.74) is 1.72. The highest BCUT2D eigenvalue weighted by atomic mass is 32.2. The molecule has 0 bridgehead atoms. The maximum atomic E-state index is 13.8. The number of nitrogens with one attached hydrogen (secondary N) is 1. The minimum atomic E-state index is -4.21. The normalized spacial score (nSPS) is 11.9. The number of amides is 2. The molecule has 0 aromatic heterocycles. The molecule has 0 spiro atoms. The van der Waals surface area contributed by atoms with Gasteiger partial charge in [-0.25, -0.2) is 12.8 Å². The number of rotatable bonds is 12. The van der Waals surface area contributed by atoms with E-state index < -0.39 is 34.3 Å². The summed E-state index contributed by atoms with van der Waals surface area (Å²) in [6, 6.07) is 17.3. The third kappa shape index (κ3) is 7.57. The van der Waals surface area contributed by atoms with Crippen molar-refractivity contribution in [2.75, 3.05) is 24.5 Å². The highest BCUT2D eigenvalue weighted by molar-refractivity contribution is 7.92. The van der Waals surface area contributed by atoms with E-state index in [0.717, 1.165) is 34.0 Å². The monoisotopic (exact) mass is 555 g/mol. The third-order valence-corrected chi connectivity index (χ3v) is 8.02. The Morgan fingerprint density at radius 1 is 0.974 bits per heavy atom. The Labute approximate surface area is 229 Å². The van der Waals surface area contributed by atoms with Crippen LogP contribution in [0.4, 0.5) is 10.1 Å². The lowest BCUT2D eigenvalue weighted by molar-refractivity contribution is -0.139. The van der Waals surface area contributed by atoms with Gasteiger partial charge >= 0.3 is 0 Å². The van der Waals surface area contributed by atoms with Gasteiger partial charge in [-0.15, -0.1) is 0 Å². The van der Waals surface area contributed by atoms with Crippen molar-refractivity contribution in [3.05, 3.63) is 89.7 Å². The number of ether oxygens (including phenoxy) is 1. The van der Waals surface area contributed by atoms with E-state index in [1.54, 1.807) is 50.4 Å². The molecule has 3 rings (SSSR count). The predicted molar refractivity (Wildman–Crippen MR) is 148 cm³/mol. The van der Waals surface area contributed by atoms with Crippen molar-refractivity contribution in [1.29, 1.82) is 0 Å². The minimum absolute atomic E-state index is 0.0133. The number of carbonyl (C=O) groups excluding carboxylic acids is 2. The van der Waals surface area contributed by atoms with Gasteiger partial charge in [0.2, 0.25) is 11.8 Å². The molecule has 3 aromatic rings. The Morgan fingerprint density at radius 3 is 2.15 bits per heavy atom. The number of hydrogen-bond donors (Lipinski definition) is 1. The molecule has 0 saturated carbocycles. The average Bonchev–Trinajstić information content (AvgIpc) is 2.93. The average molecular weight is 556 g/mol. The minimum Gasteiger partial charge on any atom is -0.497 e. The maximum absolute atomic E-state index is 13.8. The van der Waals surface area contributed by atoms with Gasteiger partial charge in [0.05, 0.1) is 17.7 Å². The molecule has 0 heterocycles. The Balaban J connectivity index is 2.00. The second-order valence-corrected chi connectivity index (χ2v) is 11.0. The molecule has 0 aliphatic rings. The first-order valence-corrected chi connectivity index (χ1v) is 14.1. The van der Waals surface area contributed by atoms with Crippen molar-refractivity contribution in [2.24, 2.45) is 0 Å². The van der Waals surface area contributed by atoms with Crippen molar-refractivity contribution in [3.63, 3.8) is 0 Å². The van der Waals surface area contributed by atoms with E-state index in [-0.39, 0.29) is 23.0 Å². The molecular weight excluding hydrogens is 521 g/mol. The van der Waals surface area contributed by atoms with Crippen molar-refractivity contribution in [2.45, 2.75) is 44.7 Å². The van der Waals surface area contributed by atoms with Gasteiger partial charge in [-0.05, 0) is 74.4 Å². The Bertz CT molecular complexity index is 1360. The summed E-state index contributed by atoms with van der Waals surface area (Å²) < 4.78 is 47.3. The number of anilines is 1. The van der Waals surface area contributed by atoms with Gasteiger partial charge in [0.25, 0.3) is 10.0 Å². The molecule has 1 atom stereocenters. The molecule has 8 nitrogen and oxygen atoms in total. The molecule has 0 unspecified atom stereocenters. The van der Waals surface area contributed by atoms with Gasteiger partial charge in [0.15, 0.2) is 0 Å². The topological polar surface area (TPSA) is 96.0 Å². The summed E-state index contributed by atoms with van der Waals surface area (Å²) in [4.78, 5) is 28.0. The molecule has 0 saturated heterocycles. The van der Waals surface area contributed by atoms with Crippen LogP contribution in [0.15, 0.2) is 77.7 Å². The molecule has 10 heteroatoms. The molecule has 2 amide bonds. The zero-order valence-corrected chi connectivity index (χ0v) is 23.4. The largest absolute Gasteiger partial charge is 0.497 e. The zero-order valence-electron chi connectivity index (χ0n) is 22.6. The van der Waals surface area contributed by atoms with Gasteiger partial charge in [-0.1, -0.05) is 36.8 Å². The number of sulfonamides is 1. The molecular formula is C29H34FN3O5S. The molecule has 0 aliphatic carbocycles. The van der Waals surface area contributed by atoms with Crippen LogP contribution in [0.1, 0.15) is 31.4 Å². The lowest BCUT2D eigenvalue weighted by atomic mass is 10.1. The molecule has 0 radical (unpaired) electrons. The van der Waals surface area contributed by atoms with Crippen LogP contribution >= 0.6 is 0 Å². The number of aryl methyl sites for hydroxylation is 1. The summed E-state index contributed by atoms with van der Waals surface area (Å²) in [6.07, 6.45) is 0.720. The summed E-state index contributed by atoms with van der Waals surface area (Å²) in [5, 5.41) is 2.80. The summed E-state index contributed by atoms with van der Waals surface area (Å²) in [7, 11) is -2.66. The van der Waals surface area contributed by atoms with E-state index in [4.69, 9.17) is 4.74 Å². The van der Waals surface area contributed by atoms with Gasteiger partial charge in [0.1, 0.15) is 24.2 Å². The van der Waals surface area contributed by atoms with E-state index >= 15 is 0 Å². The molecule has 39 heavy (non-hydrogen) atoms. The lowest BCUT2D eigenvalue weighted by Crippen LogP contribution is -2.51. The summed E-state index contributed by atoms with van der Waals surface area (Å²) in [5.74, 6) is -0.851. The Kier molecular flexibility index (Phi) is 10.1. The first-order valence-electron chi connectivity index (χ1n) is 12.6. The van der Waals surface area contributed by atoms with Crippen LogP contribution in [0.2, 0.25) is 0 Å². The predicted octanol–water partition coefficient (Wildman–Crippen LogP) is 4.28. The smallest absolute Gasteiger partial charge is 0.264 e. The standard InChI is InChI=1S/C29H34FN3O5S/c1-5-18-31-29(35)22(3)32(19-23-8-14-26(38-4)15-9-23)28(34)20-33(25-12-10-24(30)11-13-25)39(36,37)27-16-6-21(2)7-17-27/h6-17,22H,5,18-20H2,1-4H3,(H,31,35)/t22-/m0/s1. The van der Waals surface area contributed by atoms with Crippen molar-refractivity contribution in [3.8, 4) is 5.75 Å². The van der Waals surface area contributed by atoms with Crippen LogP contribution in [0.3, 0.4) is 0 Å². The third-order valence-electron chi connectivity index (χ3n) is 6.23. The summed E-state index contributed by atoms with van der Waals surface area (Å²) >= 11 is 0. The van der Waals surface area contributed by atoms with Crippen LogP contribution in [0, 0.1) is 12.7 Å². The molecule has 3 aromatic carbocycles. The zero-order chi connectivity index (χ0) is 28.6. The quantitative estimate of drug-likeness (QED) is 0.360. The molecule has 0 fully saturated rings. The first-order chi connectivity index (χ1) is 18.6. The number of hydrogen-bond acceptors (Lipinski definition) is 5. The van der Waals surface area contributed by atoms with Gasteiger partial charge in [-0.2, -0.15) is 0 Å². The SMILES string of the molecule is CCCNC(=O)[C@H](C)N(Cc1ccc(OC)cc1)C(=O)CN(c1ccc(F)cc1)S(=O)(=O)c1ccc(C)cc1. The van der Waals surface area contributed by atoms with E-state index in [1.165, 1.54) is 29.2 Å². The van der Waals surface area contributed by atoms with E-state index in [1.807, 2.05) is 13.8 Å². The second kappa shape index (κ2) is 13.2. The Morgan fingerprint density at radius 2 is 1.59 bits per heavy atom. The number of halogens is 1. The van der Waals surface area contributed by atoms with Gasteiger partial charge < -0.3 is 15.0 Å². The molecule has 1 N–H and O–H groups in total. The Hall–Kier alpha value is -3.92. The maximum Gasteiger partial charge on any atom is 0.264 e. The lowest BCUT2D eigenvalue weighted by Gasteiger charge is -2.32. The second-order valence-electron chi connectivity index (χ2n) is 9.14. The number of nitrogens with zero attached hydrogens (tertiary/aromatic N) is 2. The van der Waals surface area contributed by atoms with Crippen LogP contribution in [0.25, 0.3) is 0 Å². The van der Waals surface area contributed by atoms with E-state index in [2.05, 4.69) is 5.32 Å². The van der Waals surface area contributed by atoms with E-state index in [0.29, 0.717) is 12.3 Å². The fraction of sp³-hybridized carbons (Fsp3) is 0.310. The van der Waals surface area contributed by atoms with Crippen LogP contribution in [-0.2, 0) is 26.2 Å². The van der Waals surface area contributed by atoms with Crippen LogP contribution in [0.5, 0.6) is 5.75 Å². The fourth-order valence-electron chi connectivity index (χ4n) is 3.88. The van der Waals surface area contributed by atoms with Crippen molar-refractivity contribution < 1.29 is 27.1 Å². The number of carbonyl (C=O) groups is 2. The number of benzene rings is 3. The highest BCUT2D eigenvalue weighted by Gasteiger charge is 2.32.